The quantitative estimate of drug-likeness (QED) is 0.912. The molecule has 1 fully saturated rings. The van der Waals surface area contributed by atoms with E-state index in [1.165, 1.54) is 29.0 Å². The van der Waals surface area contributed by atoms with Crippen LogP contribution in [0.5, 0.6) is 0 Å². The van der Waals surface area contributed by atoms with Gasteiger partial charge in [0.1, 0.15) is 0 Å². The van der Waals surface area contributed by atoms with Crippen molar-refractivity contribution in [1.82, 2.24) is 0 Å². The van der Waals surface area contributed by atoms with Crippen LogP contribution in [-0.2, 0) is 6.42 Å². The molecule has 0 aromatic heterocycles. The Balaban J connectivity index is 2.21. The van der Waals surface area contributed by atoms with E-state index in [-0.39, 0.29) is 6.04 Å². The topological polar surface area (TPSA) is 29.3 Å². The van der Waals surface area contributed by atoms with E-state index in [9.17, 15) is 0 Å². The number of hydrogen-bond donors (Lipinski definition) is 1. The van der Waals surface area contributed by atoms with Gasteiger partial charge in [0.2, 0.25) is 0 Å². The predicted molar refractivity (Wildman–Crippen MR) is 96.5 cm³/mol. The third-order valence-corrected chi connectivity index (χ3v) is 5.79. The first-order valence-electron chi connectivity index (χ1n) is 8.15. The van der Waals surface area contributed by atoms with Crippen molar-refractivity contribution < 1.29 is 0 Å². The summed E-state index contributed by atoms with van der Waals surface area (Å²) < 4.78 is 0.402. The lowest BCUT2D eigenvalue weighted by molar-refractivity contribution is 0.628. The van der Waals surface area contributed by atoms with Crippen molar-refractivity contribution in [3.8, 4) is 0 Å². The van der Waals surface area contributed by atoms with Crippen LogP contribution in [0.4, 0.5) is 5.69 Å². The number of thioether (sulfide) groups is 1. The van der Waals surface area contributed by atoms with E-state index in [4.69, 9.17) is 5.73 Å². The Hall–Kier alpha value is -0.670. The molecule has 1 aromatic carbocycles. The standard InChI is InChI=1S/C18H30N2S/c1-5-16(19)13-15-12-14(2)6-7-17(15)20-9-8-18(3,4)21-11-10-20/h6-7,12,16H,5,8-11,13,19H2,1-4H3. The highest BCUT2D eigenvalue weighted by molar-refractivity contribution is 8.00. The minimum Gasteiger partial charge on any atom is -0.370 e. The molecule has 1 aliphatic heterocycles. The van der Waals surface area contributed by atoms with E-state index in [0.29, 0.717) is 4.75 Å². The van der Waals surface area contributed by atoms with Gasteiger partial charge in [-0.1, -0.05) is 38.5 Å². The molecule has 3 heteroatoms. The second kappa shape index (κ2) is 7.06. The summed E-state index contributed by atoms with van der Waals surface area (Å²) in [7, 11) is 0. The van der Waals surface area contributed by atoms with Crippen molar-refractivity contribution in [2.75, 3.05) is 23.7 Å². The molecule has 1 aromatic rings. The Bertz CT molecular complexity index is 470. The number of nitrogens with two attached hydrogens (primary N) is 1. The van der Waals surface area contributed by atoms with Crippen LogP contribution in [0.25, 0.3) is 0 Å². The average Bonchev–Trinajstić information content (AvgIpc) is 2.60. The number of hydrogen-bond acceptors (Lipinski definition) is 3. The second-order valence-corrected chi connectivity index (χ2v) is 8.65. The third-order valence-electron chi connectivity index (χ3n) is 4.42. The summed E-state index contributed by atoms with van der Waals surface area (Å²) >= 11 is 2.10. The fourth-order valence-corrected chi connectivity index (χ4v) is 3.97. The van der Waals surface area contributed by atoms with Gasteiger partial charge in [0.05, 0.1) is 0 Å². The molecule has 2 N–H and O–H groups in total. The van der Waals surface area contributed by atoms with Crippen molar-refractivity contribution in [2.45, 2.75) is 57.7 Å². The summed E-state index contributed by atoms with van der Waals surface area (Å²) in [6.07, 6.45) is 3.27. The monoisotopic (exact) mass is 306 g/mol. The Morgan fingerprint density at radius 3 is 2.81 bits per heavy atom. The Morgan fingerprint density at radius 2 is 2.10 bits per heavy atom. The number of rotatable bonds is 4. The molecule has 21 heavy (non-hydrogen) atoms. The van der Waals surface area contributed by atoms with Crippen LogP contribution in [0, 0.1) is 6.92 Å². The summed E-state index contributed by atoms with van der Waals surface area (Å²) in [6.45, 7) is 11.4. The molecular formula is C18H30N2S. The lowest BCUT2D eigenvalue weighted by Crippen LogP contribution is -2.29. The third kappa shape index (κ3) is 4.65. The van der Waals surface area contributed by atoms with Crippen LogP contribution in [0.15, 0.2) is 18.2 Å². The molecule has 0 spiro atoms. The summed E-state index contributed by atoms with van der Waals surface area (Å²) in [6, 6.07) is 7.13. The van der Waals surface area contributed by atoms with Gasteiger partial charge in [0.15, 0.2) is 0 Å². The van der Waals surface area contributed by atoms with Crippen molar-refractivity contribution in [3.63, 3.8) is 0 Å². The fourth-order valence-electron chi connectivity index (χ4n) is 2.87. The lowest BCUT2D eigenvalue weighted by Gasteiger charge is -2.27. The molecular weight excluding hydrogens is 276 g/mol. The molecule has 2 rings (SSSR count). The first kappa shape index (κ1) is 16.7. The molecule has 1 atom stereocenters. The highest BCUT2D eigenvalue weighted by Crippen LogP contribution is 2.33. The number of anilines is 1. The van der Waals surface area contributed by atoms with E-state index in [1.807, 2.05) is 0 Å². The van der Waals surface area contributed by atoms with Crippen molar-refractivity contribution in [3.05, 3.63) is 29.3 Å². The molecule has 1 heterocycles. The van der Waals surface area contributed by atoms with E-state index in [1.54, 1.807) is 0 Å². The van der Waals surface area contributed by atoms with Gasteiger partial charge in [-0.15, -0.1) is 0 Å². The minimum atomic E-state index is 0.267. The Morgan fingerprint density at radius 1 is 1.33 bits per heavy atom. The zero-order valence-corrected chi connectivity index (χ0v) is 14.8. The molecule has 2 nitrogen and oxygen atoms in total. The molecule has 0 radical (unpaired) electrons. The van der Waals surface area contributed by atoms with Crippen LogP contribution in [0.3, 0.4) is 0 Å². The van der Waals surface area contributed by atoms with E-state index >= 15 is 0 Å². The highest BCUT2D eigenvalue weighted by Gasteiger charge is 2.24. The molecule has 0 aliphatic carbocycles. The predicted octanol–water partition coefficient (Wildman–Crippen LogP) is 4.00. The molecule has 1 aliphatic rings. The Labute approximate surface area is 134 Å². The maximum Gasteiger partial charge on any atom is 0.0399 e. The van der Waals surface area contributed by atoms with Gasteiger partial charge >= 0.3 is 0 Å². The highest BCUT2D eigenvalue weighted by atomic mass is 32.2. The van der Waals surface area contributed by atoms with Crippen LogP contribution >= 0.6 is 11.8 Å². The first-order chi connectivity index (χ1) is 9.91. The summed E-state index contributed by atoms with van der Waals surface area (Å²) in [5.41, 5.74) is 10.4. The second-order valence-electron chi connectivity index (χ2n) is 6.85. The smallest absolute Gasteiger partial charge is 0.0399 e. The molecule has 0 amide bonds. The van der Waals surface area contributed by atoms with Crippen LogP contribution < -0.4 is 10.6 Å². The van der Waals surface area contributed by atoms with Gasteiger partial charge in [-0.2, -0.15) is 11.8 Å². The largest absolute Gasteiger partial charge is 0.370 e. The van der Waals surface area contributed by atoms with E-state index in [2.05, 4.69) is 62.6 Å². The van der Waals surface area contributed by atoms with Crippen molar-refractivity contribution >= 4 is 17.4 Å². The minimum absolute atomic E-state index is 0.267. The SMILES string of the molecule is CCC(N)Cc1cc(C)ccc1N1CCSC(C)(C)CC1. The first-order valence-corrected chi connectivity index (χ1v) is 9.14. The number of benzene rings is 1. The van der Waals surface area contributed by atoms with Crippen LogP contribution in [-0.4, -0.2) is 29.6 Å². The average molecular weight is 307 g/mol. The molecule has 1 unspecified atom stereocenters. The summed E-state index contributed by atoms with van der Waals surface area (Å²) in [4.78, 5) is 2.57. The van der Waals surface area contributed by atoms with Crippen LogP contribution in [0.1, 0.15) is 44.7 Å². The molecule has 1 saturated heterocycles. The fraction of sp³-hybridized carbons (Fsp3) is 0.667. The van der Waals surface area contributed by atoms with Gasteiger partial charge in [0.25, 0.3) is 0 Å². The van der Waals surface area contributed by atoms with Gasteiger partial charge in [0, 0.05) is 35.3 Å². The molecule has 0 saturated carbocycles. The number of nitrogens with zero attached hydrogens (tertiary/aromatic N) is 1. The normalized spacial score (nSPS) is 20.1. The summed E-state index contributed by atoms with van der Waals surface area (Å²) in [5.74, 6) is 1.21. The van der Waals surface area contributed by atoms with Gasteiger partial charge in [-0.25, -0.2) is 0 Å². The molecule has 0 bridgehead atoms. The maximum absolute atomic E-state index is 6.20. The van der Waals surface area contributed by atoms with Crippen molar-refractivity contribution in [2.24, 2.45) is 5.73 Å². The lowest BCUT2D eigenvalue weighted by atomic mass is 9.99. The van der Waals surface area contributed by atoms with E-state index in [0.717, 1.165) is 25.9 Å². The van der Waals surface area contributed by atoms with Crippen LogP contribution in [0.2, 0.25) is 0 Å². The van der Waals surface area contributed by atoms with Gasteiger partial charge in [-0.3, -0.25) is 0 Å². The Kier molecular flexibility index (Phi) is 5.61. The zero-order valence-electron chi connectivity index (χ0n) is 14.0. The summed E-state index contributed by atoms with van der Waals surface area (Å²) in [5, 5.41) is 0. The molecule has 118 valence electrons. The van der Waals surface area contributed by atoms with Gasteiger partial charge in [-0.05, 0) is 37.8 Å². The van der Waals surface area contributed by atoms with Gasteiger partial charge < -0.3 is 10.6 Å². The number of aryl methyl sites for hydroxylation is 1. The van der Waals surface area contributed by atoms with Crippen molar-refractivity contribution in [1.29, 1.82) is 0 Å². The maximum atomic E-state index is 6.20. The van der Waals surface area contributed by atoms with E-state index < -0.39 is 0 Å². The zero-order chi connectivity index (χ0) is 15.5.